The molecule has 118 valence electrons. The molecule has 1 aromatic rings. The maximum Gasteiger partial charge on any atom is 0.253 e. The fraction of sp³-hybridized carbons (Fsp3) is 0.533. The first-order valence-corrected chi connectivity index (χ1v) is 7.02. The molecule has 1 amide bonds. The van der Waals surface area contributed by atoms with Gasteiger partial charge in [-0.25, -0.2) is 0 Å². The summed E-state index contributed by atoms with van der Waals surface area (Å²) in [4.78, 5) is 12.0. The van der Waals surface area contributed by atoms with Gasteiger partial charge in [0, 0.05) is 12.7 Å². The molecule has 0 radical (unpaired) electrons. The van der Waals surface area contributed by atoms with Crippen LogP contribution in [0.15, 0.2) is 18.2 Å². The number of carbonyl (C=O) groups excluding carboxylic acids is 1. The lowest BCUT2D eigenvalue weighted by Gasteiger charge is -2.15. The number of nitrogens with one attached hydrogen (secondary N) is 1. The molecule has 0 bridgehead atoms. The molecule has 3 N–H and O–H groups in total. The second-order valence-corrected chi connectivity index (χ2v) is 4.57. The Morgan fingerprint density at radius 3 is 2.71 bits per heavy atom. The third-order valence-corrected chi connectivity index (χ3v) is 2.83. The number of hydrogen-bond acceptors (Lipinski definition) is 5. The molecule has 0 heterocycles. The predicted molar refractivity (Wildman–Crippen MR) is 82.6 cm³/mol. The van der Waals surface area contributed by atoms with Gasteiger partial charge in [-0.3, -0.25) is 4.79 Å². The van der Waals surface area contributed by atoms with Gasteiger partial charge in [0.15, 0.2) is 0 Å². The van der Waals surface area contributed by atoms with E-state index in [4.69, 9.17) is 19.9 Å². The van der Waals surface area contributed by atoms with Crippen molar-refractivity contribution < 1.29 is 19.0 Å². The van der Waals surface area contributed by atoms with Gasteiger partial charge in [0.25, 0.3) is 5.91 Å². The number of benzene rings is 1. The van der Waals surface area contributed by atoms with Gasteiger partial charge < -0.3 is 25.3 Å². The fourth-order valence-electron chi connectivity index (χ4n) is 1.62. The van der Waals surface area contributed by atoms with Gasteiger partial charge in [0.2, 0.25) is 0 Å². The minimum atomic E-state index is -0.572. The summed E-state index contributed by atoms with van der Waals surface area (Å²) in [5, 5.41) is 2.73. The van der Waals surface area contributed by atoms with E-state index in [1.54, 1.807) is 32.2 Å². The van der Waals surface area contributed by atoms with Crippen molar-refractivity contribution in [2.75, 3.05) is 38.0 Å². The molecular formula is C15H24N2O4. The Labute approximate surface area is 125 Å². The quantitative estimate of drug-likeness (QED) is 0.538. The maximum atomic E-state index is 12.0. The van der Waals surface area contributed by atoms with Crippen molar-refractivity contribution in [3.8, 4) is 5.75 Å². The largest absolute Gasteiger partial charge is 0.497 e. The third-order valence-electron chi connectivity index (χ3n) is 2.83. The Kier molecular flexibility index (Phi) is 7.56. The molecule has 6 heteroatoms. The van der Waals surface area contributed by atoms with Crippen LogP contribution in [0.5, 0.6) is 5.75 Å². The van der Waals surface area contributed by atoms with Gasteiger partial charge >= 0.3 is 0 Å². The first kappa shape index (κ1) is 17.3. The van der Waals surface area contributed by atoms with E-state index in [9.17, 15) is 4.79 Å². The van der Waals surface area contributed by atoms with E-state index in [1.807, 2.05) is 6.92 Å². The highest BCUT2D eigenvalue weighted by molar-refractivity contribution is 5.96. The number of rotatable bonds is 9. The molecule has 1 atom stereocenters. The van der Waals surface area contributed by atoms with Crippen LogP contribution in [0.2, 0.25) is 0 Å². The van der Waals surface area contributed by atoms with E-state index < -0.39 is 6.10 Å². The highest BCUT2D eigenvalue weighted by Gasteiger charge is 2.14. The van der Waals surface area contributed by atoms with Crippen molar-refractivity contribution in [3.05, 3.63) is 18.2 Å². The van der Waals surface area contributed by atoms with Crippen molar-refractivity contribution >= 4 is 17.3 Å². The number of nitrogen functional groups attached to an aromatic ring is 1. The molecular weight excluding hydrogens is 272 g/mol. The number of carbonyl (C=O) groups is 1. The average Bonchev–Trinajstić information content (AvgIpc) is 2.48. The predicted octanol–water partition coefficient (Wildman–Crippen LogP) is 2.05. The number of nitrogens with two attached hydrogens (primary N) is 1. The Morgan fingerprint density at radius 1 is 1.33 bits per heavy atom. The van der Waals surface area contributed by atoms with Crippen LogP contribution in [-0.2, 0) is 14.3 Å². The highest BCUT2D eigenvalue weighted by atomic mass is 16.5. The molecule has 0 aliphatic heterocycles. The first-order valence-electron chi connectivity index (χ1n) is 7.02. The molecule has 0 aromatic heterocycles. The molecule has 0 saturated heterocycles. The molecule has 6 nitrogen and oxygen atoms in total. The van der Waals surface area contributed by atoms with E-state index in [2.05, 4.69) is 5.32 Å². The molecule has 0 saturated carbocycles. The summed E-state index contributed by atoms with van der Waals surface area (Å²) < 4.78 is 15.7. The zero-order valence-electron chi connectivity index (χ0n) is 12.8. The van der Waals surface area contributed by atoms with Crippen LogP contribution >= 0.6 is 0 Å². The van der Waals surface area contributed by atoms with Gasteiger partial charge in [0.1, 0.15) is 11.9 Å². The normalized spacial score (nSPS) is 12.0. The zero-order valence-corrected chi connectivity index (χ0v) is 12.8. The lowest BCUT2D eigenvalue weighted by molar-refractivity contribution is -0.127. The Hall–Kier alpha value is -1.79. The first-order chi connectivity index (χ1) is 10.1. The van der Waals surface area contributed by atoms with E-state index in [0.717, 1.165) is 6.42 Å². The van der Waals surface area contributed by atoms with E-state index in [-0.39, 0.29) is 5.91 Å². The minimum Gasteiger partial charge on any atom is -0.497 e. The molecule has 0 aliphatic rings. The second-order valence-electron chi connectivity index (χ2n) is 4.57. The molecule has 1 unspecified atom stereocenters. The van der Waals surface area contributed by atoms with Crippen LogP contribution in [0.4, 0.5) is 11.4 Å². The Bertz CT molecular complexity index is 451. The lowest BCUT2D eigenvalue weighted by Crippen LogP contribution is -2.29. The van der Waals surface area contributed by atoms with Crippen LogP contribution in [0.1, 0.15) is 20.3 Å². The van der Waals surface area contributed by atoms with Crippen molar-refractivity contribution in [1.82, 2.24) is 0 Å². The fourth-order valence-corrected chi connectivity index (χ4v) is 1.62. The number of ether oxygens (including phenoxy) is 3. The summed E-state index contributed by atoms with van der Waals surface area (Å²) in [5.41, 5.74) is 6.83. The second kappa shape index (κ2) is 9.20. The van der Waals surface area contributed by atoms with Crippen LogP contribution < -0.4 is 15.8 Å². The van der Waals surface area contributed by atoms with Crippen molar-refractivity contribution in [2.45, 2.75) is 26.4 Å². The number of hydrogen-bond donors (Lipinski definition) is 2. The van der Waals surface area contributed by atoms with Gasteiger partial charge in [-0.15, -0.1) is 0 Å². The standard InChI is InChI=1S/C15H24N2O4/c1-4-7-20-8-9-21-11(2)15(18)17-14-6-5-12(19-3)10-13(14)16/h5-6,10-11H,4,7-9,16H2,1-3H3,(H,17,18). The van der Waals surface area contributed by atoms with Gasteiger partial charge in [-0.2, -0.15) is 0 Å². The lowest BCUT2D eigenvalue weighted by atomic mass is 10.2. The summed E-state index contributed by atoms with van der Waals surface area (Å²) in [6.45, 7) is 5.29. The summed E-state index contributed by atoms with van der Waals surface area (Å²) >= 11 is 0. The van der Waals surface area contributed by atoms with Crippen LogP contribution in [-0.4, -0.2) is 38.9 Å². The van der Waals surface area contributed by atoms with Gasteiger partial charge in [0.05, 0.1) is 31.7 Å². The monoisotopic (exact) mass is 296 g/mol. The third kappa shape index (κ3) is 6.01. The number of amides is 1. The Morgan fingerprint density at radius 2 is 2.10 bits per heavy atom. The number of anilines is 2. The molecule has 1 aromatic carbocycles. The molecule has 0 fully saturated rings. The van der Waals surface area contributed by atoms with Gasteiger partial charge in [-0.1, -0.05) is 6.92 Å². The number of methoxy groups -OCH3 is 1. The molecule has 0 aliphatic carbocycles. The van der Waals surface area contributed by atoms with Crippen molar-refractivity contribution in [2.24, 2.45) is 0 Å². The van der Waals surface area contributed by atoms with Crippen LogP contribution in [0.3, 0.4) is 0 Å². The molecule has 1 rings (SSSR count). The topological polar surface area (TPSA) is 82.8 Å². The molecule has 21 heavy (non-hydrogen) atoms. The summed E-state index contributed by atoms with van der Waals surface area (Å²) in [5.74, 6) is 0.394. The summed E-state index contributed by atoms with van der Waals surface area (Å²) in [6.07, 6.45) is 0.393. The average molecular weight is 296 g/mol. The van der Waals surface area contributed by atoms with Gasteiger partial charge in [-0.05, 0) is 25.5 Å². The smallest absolute Gasteiger partial charge is 0.253 e. The SMILES string of the molecule is CCCOCCOC(C)C(=O)Nc1ccc(OC)cc1N. The Balaban J connectivity index is 2.41. The summed E-state index contributed by atoms with van der Waals surface area (Å²) in [7, 11) is 1.56. The zero-order chi connectivity index (χ0) is 15.7. The highest BCUT2D eigenvalue weighted by Crippen LogP contribution is 2.24. The van der Waals surface area contributed by atoms with E-state index in [1.165, 1.54) is 0 Å². The van der Waals surface area contributed by atoms with E-state index >= 15 is 0 Å². The summed E-state index contributed by atoms with van der Waals surface area (Å²) in [6, 6.07) is 5.08. The van der Waals surface area contributed by atoms with Crippen molar-refractivity contribution in [3.63, 3.8) is 0 Å². The van der Waals surface area contributed by atoms with Crippen LogP contribution in [0.25, 0.3) is 0 Å². The van der Waals surface area contributed by atoms with Crippen molar-refractivity contribution in [1.29, 1.82) is 0 Å². The maximum absolute atomic E-state index is 12.0. The minimum absolute atomic E-state index is 0.248. The molecule has 0 spiro atoms. The van der Waals surface area contributed by atoms with Crippen LogP contribution in [0, 0.1) is 0 Å². The van der Waals surface area contributed by atoms with E-state index in [0.29, 0.717) is 36.9 Å².